The topological polar surface area (TPSA) is 34.1 Å². The van der Waals surface area contributed by atoms with E-state index in [0.717, 1.165) is 12.8 Å². The monoisotopic (exact) mass is 230 g/mol. The molecule has 12 heavy (non-hydrogen) atoms. The van der Waals surface area contributed by atoms with E-state index >= 15 is 0 Å². The van der Waals surface area contributed by atoms with Gasteiger partial charge in [-0.25, -0.2) is 8.42 Å². The Balaban J connectivity index is 2.88. The lowest BCUT2D eigenvalue weighted by Gasteiger charge is -2.32. The summed E-state index contributed by atoms with van der Waals surface area (Å²) in [5, 5.41) is -0.581. The third kappa shape index (κ3) is 2.27. The van der Waals surface area contributed by atoms with Gasteiger partial charge in [0, 0.05) is 6.26 Å². The van der Waals surface area contributed by atoms with Crippen molar-refractivity contribution in [3.05, 3.63) is 0 Å². The van der Waals surface area contributed by atoms with Crippen LogP contribution >= 0.6 is 23.2 Å². The minimum Gasteiger partial charge on any atom is -0.229 e. The van der Waals surface area contributed by atoms with E-state index in [0.29, 0.717) is 12.8 Å². The Bertz CT molecular complexity index is 259. The highest BCUT2D eigenvalue weighted by Crippen LogP contribution is 2.41. The maximum Gasteiger partial charge on any atom is 0.153 e. The summed E-state index contributed by atoms with van der Waals surface area (Å²) in [7, 11) is -3.10. The molecule has 0 aromatic rings. The SMILES string of the molecule is CS(=O)(=O)C1CCCCC1(Cl)Cl. The van der Waals surface area contributed by atoms with Crippen molar-refractivity contribution >= 4 is 33.0 Å². The van der Waals surface area contributed by atoms with Gasteiger partial charge in [-0.15, -0.1) is 23.2 Å². The van der Waals surface area contributed by atoms with Crippen molar-refractivity contribution in [1.29, 1.82) is 0 Å². The molecule has 0 heterocycles. The van der Waals surface area contributed by atoms with Crippen LogP contribution in [0, 0.1) is 0 Å². The van der Waals surface area contributed by atoms with Gasteiger partial charge in [0.15, 0.2) is 9.84 Å². The van der Waals surface area contributed by atoms with Crippen LogP contribution in [0.4, 0.5) is 0 Å². The molecule has 2 nitrogen and oxygen atoms in total. The first-order valence-electron chi connectivity index (χ1n) is 3.91. The molecule has 0 aromatic carbocycles. The van der Waals surface area contributed by atoms with Crippen molar-refractivity contribution in [2.45, 2.75) is 35.3 Å². The first-order chi connectivity index (χ1) is 5.34. The molecule has 0 spiro atoms. The summed E-state index contributed by atoms with van der Waals surface area (Å²) in [5.41, 5.74) is 0. The average Bonchev–Trinajstić information content (AvgIpc) is 1.83. The normalized spacial score (nSPS) is 30.1. The Hall–Kier alpha value is 0.530. The van der Waals surface area contributed by atoms with Crippen LogP contribution < -0.4 is 0 Å². The second-order valence-electron chi connectivity index (χ2n) is 3.32. The highest BCUT2D eigenvalue weighted by Gasteiger charge is 2.43. The van der Waals surface area contributed by atoms with Crippen molar-refractivity contribution in [2.75, 3.05) is 6.26 Å². The summed E-state index contributed by atoms with van der Waals surface area (Å²) < 4.78 is 21.4. The van der Waals surface area contributed by atoms with Gasteiger partial charge in [-0.1, -0.05) is 12.8 Å². The van der Waals surface area contributed by atoms with Crippen molar-refractivity contribution in [3.63, 3.8) is 0 Å². The maximum absolute atomic E-state index is 11.2. The van der Waals surface area contributed by atoms with E-state index in [1.165, 1.54) is 6.26 Å². The first kappa shape index (κ1) is 10.6. The molecule has 0 radical (unpaired) electrons. The van der Waals surface area contributed by atoms with Crippen molar-refractivity contribution in [1.82, 2.24) is 0 Å². The second kappa shape index (κ2) is 3.35. The molecule has 1 aliphatic carbocycles. The fourth-order valence-electron chi connectivity index (χ4n) is 1.59. The van der Waals surface area contributed by atoms with Gasteiger partial charge in [0.25, 0.3) is 0 Å². The Morgan fingerprint density at radius 1 is 1.33 bits per heavy atom. The summed E-state index contributed by atoms with van der Waals surface area (Å²) in [6, 6.07) is 0. The number of hydrogen-bond acceptors (Lipinski definition) is 2. The molecular weight excluding hydrogens is 219 g/mol. The van der Waals surface area contributed by atoms with Gasteiger partial charge in [0.1, 0.15) is 4.33 Å². The van der Waals surface area contributed by atoms with Crippen molar-refractivity contribution in [2.24, 2.45) is 0 Å². The molecule has 0 aliphatic heterocycles. The van der Waals surface area contributed by atoms with E-state index in [-0.39, 0.29) is 0 Å². The van der Waals surface area contributed by atoms with Crippen LogP contribution in [0.3, 0.4) is 0 Å². The Labute approximate surface area is 83.2 Å². The third-order valence-electron chi connectivity index (χ3n) is 2.21. The van der Waals surface area contributed by atoms with E-state index in [1.54, 1.807) is 0 Å². The zero-order valence-electron chi connectivity index (χ0n) is 6.89. The maximum atomic E-state index is 11.2. The molecule has 5 heteroatoms. The lowest BCUT2D eigenvalue weighted by atomic mass is 9.99. The Kier molecular flexibility index (Phi) is 2.96. The standard InChI is InChI=1S/C7H12Cl2O2S/c1-12(10,11)6-4-2-3-5-7(6,8)9/h6H,2-5H2,1H3. The zero-order chi connectivity index (χ0) is 9.41. The molecular formula is C7H12Cl2O2S. The van der Waals surface area contributed by atoms with Crippen LogP contribution in [0.2, 0.25) is 0 Å². The van der Waals surface area contributed by atoms with Gasteiger partial charge in [0.05, 0.1) is 5.25 Å². The van der Waals surface area contributed by atoms with E-state index < -0.39 is 19.4 Å². The zero-order valence-corrected chi connectivity index (χ0v) is 9.21. The van der Waals surface area contributed by atoms with E-state index in [4.69, 9.17) is 23.2 Å². The predicted octanol–water partition coefficient (Wildman–Crippen LogP) is 2.15. The minimum absolute atomic E-state index is 0.577. The molecule has 0 bridgehead atoms. The molecule has 1 saturated carbocycles. The van der Waals surface area contributed by atoms with Gasteiger partial charge in [-0.3, -0.25) is 0 Å². The van der Waals surface area contributed by atoms with Gasteiger partial charge in [-0.05, 0) is 12.8 Å². The average molecular weight is 231 g/mol. The van der Waals surface area contributed by atoms with Crippen LogP contribution in [0.15, 0.2) is 0 Å². The smallest absolute Gasteiger partial charge is 0.153 e. The molecule has 0 aromatic heterocycles. The van der Waals surface area contributed by atoms with Crippen molar-refractivity contribution < 1.29 is 8.42 Å². The van der Waals surface area contributed by atoms with Gasteiger partial charge in [-0.2, -0.15) is 0 Å². The first-order valence-corrected chi connectivity index (χ1v) is 6.62. The Morgan fingerprint density at radius 3 is 2.25 bits per heavy atom. The number of hydrogen-bond donors (Lipinski definition) is 0. The van der Waals surface area contributed by atoms with Gasteiger partial charge in [0.2, 0.25) is 0 Å². The summed E-state index contributed by atoms with van der Waals surface area (Å²) in [6.45, 7) is 0. The fraction of sp³-hybridized carbons (Fsp3) is 1.00. The summed E-state index contributed by atoms with van der Waals surface area (Å²) in [5.74, 6) is 0. The van der Waals surface area contributed by atoms with Gasteiger partial charge < -0.3 is 0 Å². The van der Waals surface area contributed by atoms with Crippen LogP contribution in [0.5, 0.6) is 0 Å². The van der Waals surface area contributed by atoms with Crippen LogP contribution in [0.1, 0.15) is 25.7 Å². The summed E-state index contributed by atoms with van der Waals surface area (Å²) in [6.07, 6.45) is 4.18. The third-order valence-corrected chi connectivity index (χ3v) is 5.05. The predicted molar refractivity (Wildman–Crippen MR) is 51.5 cm³/mol. The van der Waals surface area contributed by atoms with E-state index in [9.17, 15) is 8.42 Å². The van der Waals surface area contributed by atoms with Crippen LogP contribution in [-0.2, 0) is 9.84 Å². The highest BCUT2D eigenvalue weighted by atomic mass is 35.5. The number of rotatable bonds is 1. The molecule has 0 N–H and O–H groups in total. The number of alkyl halides is 2. The van der Waals surface area contributed by atoms with Gasteiger partial charge >= 0.3 is 0 Å². The van der Waals surface area contributed by atoms with Crippen molar-refractivity contribution in [3.8, 4) is 0 Å². The minimum atomic E-state index is -3.10. The number of halogens is 2. The molecule has 0 saturated heterocycles. The molecule has 1 aliphatic rings. The summed E-state index contributed by atoms with van der Waals surface area (Å²) in [4.78, 5) is 0. The molecule has 0 amide bonds. The van der Waals surface area contributed by atoms with Crippen LogP contribution in [0.25, 0.3) is 0 Å². The van der Waals surface area contributed by atoms with E-state index in [2.05, 4.69) is 0 Å². The second-order valence-corrected chi connectivity index (χ2v) is 7.10. The molecule has 1 fully saturated rings. The number of sulfone groups is 1. The van der Waals surface area contributed by atoms with Crippen LogP contribution in [-0.4, -0.2) is 24.3 Å². The lowest BCUT2D eigenvalue weighted by molar-refractivity contribution is 0.465. The molecule has 1 unspecified atom stereocenters. The molecule has 1 atom stereocenters. The lowest BCUT2D eigenvalue weighted by Crippen LogP contribution is -2.40. The summed E-state index contributed by atoms with van der Waals surface area (Å²) >= 11 is 11.8. The molecule has 72 valence electrons. The largest absolute Gasteiger partial charge is 0.229 e. The molecule has 1 rings (SSSR count). The Morgan fingerprint density at radius 2 is 1.92 bits per heavy atom. The fourth-order valence-corrected chi connectivity index (χ4v) is 4.39. The highest BCUT2D eigenvalue weighted by molar-refractivity contribution is 7.91. The van der Waals surface area contributed by atoms with E-state index in [1.807, 2.05) is 0 Å². The quantitative estimate of drug-likeness (QED) is 0.648.